The van der Waals surface area contributed by atoms with Gasteiger partial charge in [-0.25, -0.2) is 0 Å². The number of nitrogens with one attached hydrogen (secondary N) is 3. The van der Waals surface area contributed by atoms with E-state index >= 15 is 0 Å². The van der Waals surface area contributed by atoms with Gasteiger partial charge in [-0.1, -0.05) is 192 Å². The molecule has 107 heavy (non-hydrogen) atoms. The van der Waals surface area contributed by atoms with Crippen LogP contribution in [0.4, 0.5) is 0 Å². The molecule has 0 saturated carbocycles. The summed E-state index contributed by atoms with van der Waals surface area (Å²) in [7, 11) is 0. The van der Waals surface area contributed by atoms with Gasteiger partial charge in [-0.15, -0.1) is 0 Å². The average molecular weight is 1540 g/mol. The summed E-state index contributed by atoms with van der Waals surface area (Å²) in [5.41, 5.74) is 0. The average Bonchev–Trinajstić information content (AvgIpc) is 0.772. The highest BCUT2D eigenvalue weighted by atomic mass is 16.8. The summed E-state index contributed by atoms with van der Waals surface area (Å²) in [5, 5.41) is 174. The maximum atomic E-state index is 13.5. The largest absolute Gasteiger partial charge is 0.394 e. The van der Waals surface area contributed by atoms with E-state index in [2.05, 4.69) is 41.9 Å². The summed E-state index contributed by atoms with van der Waals surface area (Å²) in [4.78, 5) is 38.6. The molecule has 3 amide bonds. The Labute approximate surface area is 632 Å². The molecule has 5 aliphatic rings. The number of aliphatic hydroxyl groups excluding tert-OH is 15. The number of hydrogen-bond donors (Lipinski definition) is 18. The van der Waals surface area contributed by atoms with E-state index in [0.717, 1.165) is 71.6 Å². The summed E-state index contributed by atoms with van der Waals surface area (Å²) in [6.07, 6.45) is 0.172. The van der Waals surface area contributed by atoms with Crippen molar-refractivity contribution in [3.8, 4) is 0 Å². The Hall–Kier alpha value is -3.11. The summed E-state index contributed by atoms with van der Waals surface area (Å²) in [6.45, 7) is 1.40. The molecule has 31 nitrogen and oxygen atoms in total. The van der Waals surface area contributed by atoms with E-state index in [-0.39, 0.29) is 12.3 Å². The Kier molecular flexibility index (Phi) is 46.8. The monoisotopic (exact) mass is 1540 g/mol. The standard InChI is InChI=1S/C76H137N3O28/c1-5-7-9-11-13-15-17-19-20-21-22-23-24-25-26-28-30-32-34-36-38-40-56(88)79-49(50(87)39-37-35-33-31-29-27-18-16-14-12-10-8-6-2)46-98-74-65(95)63(93)68(54(44-83)102-74)104-75-66(96)64(94)69(55(45-84)103-75)105-76-67(97)71(61(91)53(43-82)101-76)107-73-58(78-48(4)86)70(60(90)52(42-81)100-73)106-72-57(77-47(3)85)62(92)59(89)51(41-80)99-72/h19-20,37,39,49-55,57-76,80-84,87,89-97H,5-18,21-36,38,40-46H2,1-4H3,(H,77,85)(H,78,86)(H,79,88)/b20-19-,39-37+/t49-,50+,51?,52?,53?,54?,55?,57?,58?,59-,60-,61-,62+,63+,64+,65?,66?,67?,68+,69-,70+,71-,72-,73-,74+,75-,76-/m0/s1. The lowest BCUT2D eigenvalue weighted by Crippen LogP contribution is -2.71. The van der Waals surface area contributed by atoms with Crippen LogP contribution in [-0.2, 0) is 61.8 Å². The minimum absolute atomic E-state index is 0.192. The fourth-order valence-electron chi connectivity index (χ4n) is 14.4. The highest BCUT2D eigenvalue weighted by Gasteiger charge is 2.57. The van der Waals surface area contributed by atoms with Crippen LogP contribution in [0.2, 0.25) is 0 Å². The molecule has 5 aliphatic heterocycles. The predicted octanol–water partition coefficient (Wildman–Crippen LogP) is 1.87. The maximum Gasteiger partial charge on any atom is 0.220 e. The lowest BCUT2D eigenvalue weighted by Gasteiger charge is -2.50. The van der Waals surface area contributed by atoms with Gasteiger partial charge in [0.1, 0.15) is 122 Å². The zero-order valence-electron chi connectivity index (χ0n) is 63.8. The second-order valence-corrected chi connectivity index (χ2v) is 29.6. The van der Waals surface area contributed by atoms with Gasteiger partial charge in [0.05, 0.1) is 51.8 Å². The zero-order chi connectivity index (χ0) is 78.2. The number of amides is 3. The topological polar surface area (TPSA) is 483 Å². The predicted molar refractivity (Wildman–Crippen MR) is 389 cm³/mol. The molecule has 624 valence electrons. The Morgan fingerprint density at radius 1 is 0.364 bits per heavy atom. The first kappa shape index (κ1) is 94.5. The summed E-state index contributed by atoms with van der Waals surface area (Å²) in [6, 6.07) is -4.33. The van der Waals surface area contributed by atoms with Crippen molar-refractivity contribution in [2.45, 2.75) is 399 Å². The van der Waals surface area contributed by atoms with Crippen molar-refractivity contribution in [2.24, 2.45) is 0 Å². The third-order valence-electron chi connectivity index (χ3n) is 20.8. The lowest BCUT2D eigenvalue weighted by atomic mass is 9.93. The molecule has 0 aromatic carbocycles. The Balaban J connectivity index is 1.17. The quantitative estimate of drug-likeness (QED) is 0.0305. The van der Waals surface area contributed by atoms with E-state index < -0.39 is 217 Å². The molecule has 0 radical (unpaired) electrons. The van der Waals surface area contributed by atoms with Crippen LogP contribution >= 0.6 is 0 Å². The number of ether oxygens (including phenoxy) is 10. The van der Waals surface area contributed by atoms with Crippen LogP contribution in [0.3, 0.4) is 0 Å². The number of allylic oxidation sites excluding steroid dienone is 3. The smallest absolute Gasteiger partial charge is 0.220 e. The van der Waals surface area contributed by atoms with E-state index in [1.54, 1.807) is 6.08 Å². The van der Waals surface area contributed by atoms with Gasteiger partial charge in [-0.05, 0) is 44.9 Å². The molecule has 0 aliphatic carbocycles. The lowest BCUT2D eigenvalue weighted by molar-refractivity contribution is -0.388. The summed E-state index contributed by atoms with van der Waals surface area (Å²) in [5.74, 6) is -1.87. The Morgan fingerprint density at radius 2 is 0.710 bits per heavy atom. The third kappa shape index (κ3) is 31.7. The minimum atomic E-state index is -2.20. The molecule has 5 saturated heterocycles. The van der Waals surface area contributed by atoms with Gasteiger partial charge in [-0.2, -0.15) is 0 Å². The molecule has 0 bridgehead atoms. The number of rotatable bonds is 54. The van der Waals surface area contributed by atoms with E-state index in [1.807, 2.05) is 6.08 Å². The molecule has 5 heterocycles. The Bertz CT molecular complexity index is 2430. The van der Waals surface area contributed by atoms with E-state index in [1.165, 1.54) is 128 Å². The normalized spacial score (nSPS) is 34.1. The van der Waals surface area contributed by atoms with E-state index in [4.69, 9.17) is 47.4 Å². The minimum Gasteiger partial charge on any atom is -0.394 e. The molecule has 31 heteroatoms. The first-order valence-corrected chi connectivity index (χ1v) is 40.1. The molecule has 0 spiro atoms. The van der Waals surface area contributed by atoms with Crippen molar-refractivity contribution in [2.75, 3.05) is 39.6 Å². The zero-order valence-corrected chi connectivity index (χ0v) is 63.8. The highest BCUT2D eigenvalue weighted by molar-refractivity contribution is 5.76. The molecule has 18 N–H and O–H groups in total. The van der Waals surface area contributed by atoms with Gasteiger partial charge < -0.3 is 140 Å². The van der Waals surface area contributed by atoms with Crippen LogP contribution < -0.4 is 16.0 Å². The van der Waals surface area contributed by atoms with Gasteiger partial charge in [-0.3, -0.25) is 14.4 Å². The molecule has 27 atom stereocenters. The van der Waals surface area contributed by atoms with Crippen molar-refractivity contribution < 1.29 is 138 Å². The van der Waals surface area contributed by atoms with Crippen LogP contribution in [0.25, 0.3) is 0 Å². The van der Waals surface area contributed by atoms with Crippen molar-refractivity contribution in [3.63, 3.8) is 0 Å². The molecule has 10 unspecified atom stereocenters. The number of hydrogen-bond acceptors (Lipinski definition) is 28. The molecule has 5 fully saturated rings. The second-order valence-electron chi connectivity index (χ2n) is 29.6. The molecular formula is C76H137N3O28. The van der Waals surface area contributed by atoms with Crippen LogP contribution in [0, 0.1) is 0 Å². The number of unbranched alkanes of at least 4 members (excludes halogenated alkanes) is 28. The number of carbonyl (C=O) groups is 3. The van der Waals surface area contributed by atoms with Gasteiger partial charge in [0.2, 0.25) is 17.7 Å². The van der Waals surface area contributed by atoms with E-state index in [0.29, 0.717) is 12.8 Å². The van der Waals surface area contributed by atoms with Crippen molar-refractivity contribution >= 4 is 17.7 Å². The van der Waals surface area contributed by atoms with E-state index in [9.17, 15) is 91.0 Å². The van der Waals surface area contributed by atoms with Gasteiger partial charge in [0.15, 0.2) is 31.5 Å². The van der Waals surface area contributed by atoms with Crippen molar-refractivity contribution in [3.05, 3.63) is 24.3 Å². The highest BCUT2D eigenvalue weighted by Crippen LogP contribution is 2.37. The molecule has 0 aromatic heterocycles. The maximum absolute atomic E-state index is 13.5. The Morgan fingerprint density at radius 3 is 1.17 bits per heavy atom. The van der Waals surface area contributed by atoms with Gasteiger partial charge >= 0.3 is 0 Å². The van der Waals surface area contributed by atoms with Crippen LogP contribution in [-0.4, -0.2) is 300 Å². The summed E-state index contributed by atoms with van der Waals surface area (Å²) < 4.78 is 59.1. The van der Waals surface area contributed by atoms with Crippen molar-refractivity contribution in [1.82, 2.24) is 16.0 Å². The molecule has 5 rings (SSSR count). The van der Waals surface area contributed by atoms with Crippen molar-refractivity contribution in [1.29, 1.82) is 0 Å². The van der Waals surface area contributed by atoms with Gasteiger partial charge in [0, 0.05) is 20.3 Å². The first-order chi connectivity index (χ1) is 51.6. The summed E-state index contributed by atoms with van der Waals surface area (Å²) >= 11 is 0. The number of aliphatic hydroxyl groups is 15. The van der Waals surface area contributed by atoms with Crippen LogP contribution in [0.1, 0.15) is 233 Å². The fourth-order valence-corrected chi connectivity index (χ4v) is 14.4. The van der Waals surface area contributed by atoms with Crippen LogP contribution in [0.5, 0.6) is 0 Å². The number of carbonyl (C=O) groups excluding carboxylic acids is 3. The van der Waals surface area contributed by atoms with Gasteiger partial charge in [0.25, 0.3) is 0 Å². The first-order valence-electron chi connectivity index (χ1n) is 40.1. The SMILES string of the molecule is CCCCCCCC/C=C\CCCCCCCCCCCCCC(=O)N[C@@H](CO[C@@H]1OC(CO)[C@@H](O[C@@H]2OC(CO)[C@H](O[C@@H]3OC(CO)[C@H](O)[C@H](O[C@@H]4OC(CO)[C@H](O)[C@H](O[C@@H]5OC(CO)[C@H](O)[C@H](O)C5NC(C)=O)C4NC(C)=O)C3O)[C@H](O)C2O)[C@H](O)C1O)[C@H](O)/C=C/CCCCCCCCCCCCC. The fraction of sp³-hybridized carbons (Fsp3) is 0.908. The van der Waals surface area contributed by atoms with Crippen LogP contribution in [0.15, 0.2) is 24.3 Å². The molecular weight excluding hydrogens is 1400 g/mol. The second kappa shape index (κ2) is 53.1. The molecule has 0 aromatic rings. The third-order valence-corrected chi connectivity index (χ3v) is 20.8.